The first-order valence-corrected chi connectivity index (χ1v) is 12.5. The van der Waals surface area contributed by atoms with Crippen molar-refractivity contribution in [3.8, 4) is 0 Å². The Balaban J connectivity index is 1.80. The summed E-state index contributed by atoms with van der Waals surface area (Å²) in [5.74, 6) is -1.13. The molecule has 1 fully saturated rings. The Labute approximate surface area is 188 Å². The lowest BCUT2D eigenvalue weighted by molar-refractivity contribution is -0.117. The van der Waals surface area contributed by atoms with E-state index in [1.165, 1.54) is 31.4 Å². The molecule has 1 amide bonds. The Hall–Kier alpha value is -2.32. The molecule has 0 bridgehead atoms. The SMILES string of the molecule is CCC(C(=O)Nc1ccc(N2CCCCC2)cc1)N(c1ccc(F)c(Cl)c1)S(C)(=O)=O. The first-order valence-electron chi connectivity index (χ1n) is 10.3. The molecular formula is C22H27ClFN3O3S. The number of benzene rings is 2. The van der Waals surface area contributed by atoms with Gasteiger partial charge in [0.15, 0.2) is 0 Å². The van der Waals surface area contributed by atoms with Crippen LogP contribution in [0.1, 0.15) is 32.6 Å². The number of anilines is 3. The fraction of sp³-hybridized carbons (Fsp3) is 0.409. The van der Waals surface area contributed by atoms with Crippen LogP contribution in [0.15, 0.2) is 42.5 Å². The van der Waals surface area contributed by atoms with Gasteiger partial charge in [-0.25, -0.2) is 12.8 Å². The molecule has 1 atom stereocenters. The monoisotopic (exact) mass is 467 g/mol. The van der Waals surface area contributed by atoms with Crippen LogP contribution in [0.25, 0.3) is 0 Å². The maximum atomic E-state index is 13.6. The third-order valence-electron chi connectivity index (χ3n) is 5.34. The standard InChI is InChI=1S/C22H27ClFN3O3S/c1-3-21(27(31(2,29)30)18-11-12-20(24)19(23)15-18)22(28)25-16-7-9-17(10-8-16)26-13-5-4-6-14-26/h7-12,15,21H,3-6,13-14H2,1-2H3,(H,25,28). The topological polar surface area (TPSA) is 69.7 Å². The number of sulfonamides is 1. The first kappa shape index (κ1) is 23.3. The van der Waals surface area contributed by atoms with Crippen molar-refractivity contribution >= 4 is 44.6 Å². The summed E-state index contributed by atoms with van der Waals surface area (Å²) in [5.41, 5.74) is 1.81. The third-order valence-corrected chi connectivity index (χ3v) is 6.81. The predicted octanol–water partition coefficient (Wildman–Crippen LogP) is 4.65. The molecule has 6 nitrogen and oxygen atoms in total. The molecule has 1 N–H and O–H groups in total. The Bertz CT molecular complexity index is 1020. The lowest BCUT2D eigenvalue weighted by Crippen LogP contribution is -2.47. The van der Waals surface area contributed by atoms with Crippen LogP contribution >= 0.6 is 11.6 Å². The summed E-state index contributed by atoms with van der Waals surface area (Å²) in [5, 5.41) is 2.59. The second kappa shape index (κ2) is 9.87. The Morgan fingerprint density at radius 1 is 1.16 bits per heavy atom. The summed E-state index contributed by atoms with van der Waals surface area (Å²) in [6.07, 6.45) is 4.82. The van der Waals surface area contributed by atoms with Crippen molar-refractivity contribution in [2.45, 2.75) is 38.6 Å². The lowest BCUT2D eigenvalue weighted by Gasteiger charge is -2.30. The van der Waals surface area contributed by atoms with Gasteiger partial charge in [-0.3, -0.25) is 9.10 Å². The molecule has 1 saturated heterocycles. The number of amides is 1. The van der Waals surface area contributed by atoms with Crippen molar-refractivity contribution in [2.24, 2.45) is 0 Å². The Kier molecular flexibility index (Phi) is 7.43. The number of carbonyl (C=O) groups is 1. The van der Waals surface area contributed by atoms with Crippen molar-refractivity contribution in [3.63, 3.8) is 0 Å². The van der Waals surface area contributed by atoms with Gasteiger partial charge in [0.1, 0.15) is 11.9 Å². The van der Waals surface area contributed by atoms with E-state index in [4.69, 9.17) is 11.6 Å². The zero-order valence-corrected chi connectivity index (χ0v) is 19.2. The molecule has 1 aliphatic rings. The summed E-state index contributed by atoms with van der Waals surface area (Å²) < 4.78 is 39.6. The zero-order chi connectivity index (χ0) is 22.6. The summed E-state index contributed by atoms with van der Waals surface area (Å²) in [6, 6.07) is 10.1. The normalized spacial score (nSPS) is 15.4. The molecule has 2 aromatic carbocycles. The smallest absolute Gasteiger partial charge is 0.248 e. The number of rotatable bonds is 7. The van der Waals surface area contributed by atoms with Gasteiger partial charge >= 0.3 is 0 Å². The number of nitrogens with zero attached hydrogens (tertiary/aromatic N) is 2. The van der Waals surface area contributed by atoms with Crippen LogP contribution in [0, 0.1) is 5.82 Å². The van der Waals surface area contributed by atoms with Crippen molar-refractivity contribution in [2.75, 3.05) is 33.9 Å². The van der Waals surface area contributed by atoms with Gasteiger partial charge in [0.2, 0.25) is 15.9 Å². The number of hydrogen-bond donors (Lipinski definition) is 1. The van der Waals surface area contributed by atoms with E-state index in [1.54, 1.807) is 6.92 Å². The van der Waals surface area contributed by atoms with Gasteiger partial charge in [0, 0.05) is 24.5 Å². The van der Waals surface area contributed by atoms with Crippen LogP contribution in [-0.2, 0) is 14.8 Å². The largest absolute Gasteiger partial charge is 0.372 e. The van der Waals surface area contributed by atoms with Crippen LogP contribution in [0.2, 0.25) is 5.02 Å². The van der Waals surface area contributed by atoms with E-state index in [1.807, 2.05) is 24.3 Å². The molecule has 31 heavy (non-hydrogen) atoms. The fourth-order valence-corrected chi connectivity index (χ4v) is 5.19. The van der Waals surface area contributed by atoms with E-state index in [2.05, 4.69) is 10.2 Å². The zero-order valence-electron chi connectivity index (χ0n) is 17.6. The highest BCUT2D eigenvalue weighted by Crippen LogP contribution is 2.28. The summed E-state index contributed by atoms with van der Waals surface area (Å²) in [6.45, 7) is 3.76. The molecule has 0 aliphatic carbocycles. The number of hydrogen-bond acceptors (Lipinski definition) is 4. The van der Waals surface area contributed by atoms with Crippen LogP contribution < -0.4 is 14.5 Å². The lowest BCUT2D eigenvalue weighted by atomic mass is 10.1. The van der Waals surface area contributed by atoms with Gasteiger partial charge in [-0.05, 0) is 68.1 Å². The Morgan fingerprint density at radius 2 is 1.81 bits per heavy atom. The highest BCUT2D eigenvalue weighted by molar-refractivity contribution is 7.92. The Morgan fingerprint density at radius 3 is 2.35 bits per heavy atom. The van der Waals surface area contributed by atoms with Crippen molar-refractivity contribution in [1.82, 2.24) is 0 Å². The summed E-state index contributed by atoms with van der Waals surface area (Å²) in [4.78, 5) is 15.3. The highest BCUT2D eigenvalue weighted by atomic mass is 35.5. The van der Waals surface area contributed by atoms with Gasteiger partial charge in [-0.2, -0.15) is 0 Å². The van der Waals surface area contributed by atoms with Gasteiger partial charge in [0.05, 0.1) is 17.0 Å². The van der Waals surface area contributed by atoms with E-state index in [9.17, 15) is 17.6 Å². The molecule has 2 aromatic rings. The molecule has 0 spiro atoms. The minimum Gasteiger partial charge on any atom is -0.372 e. The predicted molar refractivity (Wildman–Crippen MR) is 124 cm³/mol. The van der Waals surface area contributed by atoms with E-state index in [0.29, 0.717) is 5.69 Å². The van der Waals surface area contributed by atoms with Crippen LogP contribution in [0.4, 0.5) is 21.5 Å². The quantitative estimate of drug-likeness (QED) is 0.643. The number of nitrogens with one attached hydrogen (secondary N) is 1. The number of piperidine rings is 1. The maximum absolute atomic E-state index is 13.6. The molecule has 9 heteroatoms. The maximum Gasteiger partial charge on any atom is 0.248 e. The summed E-state index contributed by atoms with van der Waals surface area (Å²) >= 11 is 5.84. The minimum absolute atomic E-state index is 0.136. The molecule has 1 aliphatic heterocycles. The summed E-state index contributed by atoms with van der Waals surface area (Å²) in [7, 11) is -3.83. The highest BCUT2D eigenvalue weighted by Gasteiger charge is 2.32. The van der Waals surface area contributed by atoms with E-state index < -0.39 is 27.8 Å². The van der Waals surface area contributed by atoms with Gasteiger partial charge < -0.3 is 10.2 Å². The van der Waals surface area contributed by atoms with Crippen LogP contribution in [-0.4, -0.2) is 39.7 Å². The number of carbonyl (C=O) groups excluding carboxylic acids is 1. The molecule has 0 radical (unpaired) electrons. The van der Waals surface area contributed by atoms with E-state index in [-0.39, 0.29) is 17.1 Å². The molecule has 0 aromatic heterocycles. The molecular weight excluding hydrogens is 441 g/mol. The van der Waals surface area contributed by atoms with Crippen LogP contribution in [0.3, 0.4) is 0 Å². The molecule has 1 heterocycles. The van der Waals surface area contributed by atoms with Crippen molar-refractivity contribution < 1.29 is 17.6 Å². The second-order valence-corrected chi connectivity index (χ2v) is 9.93. The second-order valence-electron chi connectivity index (χ2n) is 7.67. The van der Waals surface area contributed by atoms with Crippen LogP contribution in [0.5, 0.6) is 0 Å². The molecule has 168 valence electrons. The van der Waals surface area contributed by atoms with Gasteiger partial charge in [-0.1, -0.05) is 18.5 Å². The van der Waals surface area contributed by atoms with Crippen molar-refractivity contribution in [3.05, 3.63) is 53.3 Å². The fourth-order valence-electron chi connectivity index (χ4n) is 3.82. The molecule has 1 unspecified atom stereocenters. The molecule has 3 rings (SSSR count). The number of halogens is 2. The first-order chi connectivity index (χ1) is 14.7. The van der Waals surface area contributed by atoms with Crippen molar-refractivity contribution in [1.29, 1.82) is 0 Å². The third kappa shape index (κ3) is 5.68. The van der Waals surface area contributed by atoms with Gasteiger partial charge in [0.25, 0.3) is 0 Å². The molecule has 0 saturated carbocycles. The minimum atomic E-state index is -3.83. The van der Waals surface area contributed by atoms with E-state index in [0.717, 1.165) is 35.4 Å². The van der Waals surface area contributed by atoms with E-state index >= 15 is 0 Å². The average Bonchev–Trinajstić information content (AvgIpc) is 2.74. The van der Waals surface area contributed by atoms with Gasteiger partial charge in [-0.15, -0.1) is 0 Å². The average molecular weight is 468 g/mol.